The fraction of sp³-hybridized carbons (Fsp3) is 0.412. The summed E-state index contributed by atoms with van der Waals surface area (Å²) in [5.74, 6) is -0.274. The summed E-state index contributed by atoms with van der Waals surface area (Å²) in [6.07, 6.45) is 0. The van der Waals surface area contributed by atoms with Crippen LogP contribution in [0.2, 0.25) is 10.0 Å². The maximum absolute atomic E-state index is 13.2. The molecule has 0 aliphatic rings. The van der Waals surface area contributed by atoms with Crippen LogP contribution in [0.3, 0.4) is 0 Å². The van der Waals surface area contributed by atoms with Crippen molar-refractivity contribution in [3.8, 4) is 0 Å². The minimum Gasteiger partial charge on any atom is -0.360 e. The van der Waals surface area contributed by atoms with Gasteiger partial charge in [0.2, 0.25) is 10.0 Å². The fourth-order valence-electron chi connectivity index (χ4n) is 2.43. The first-order valence-corrected chi connectivity index (χ1v) is 13.3. The van der Waals surface area contributed by atoms with Crippen molar-refractivity contribution in [3.05, 3.63) is 39.7 Å². The molecule has 0 atom stereocenters. The summed E-state index contributed by atoms with van der Waals surface area (Å²) in [7, 11) is -7.77. The molecule has 2 aromatic rings. The smallest absolute Gasteiger partial charge is 0.275 e. The average Bonchev–Trinajstić information content (AvgIpc) is 3.13. The molecule has 1 heterocycles. The summed E-state index contributed by atoms with van der Waals surface area (Å²) in [5, 5.41) is 1.80. The van der Waals surface area contributed by atoms with Crippen LogP contribution in [0.1, 0.15) is 20.8 Å². The number of nitrogens with zero attached hydrogens (tertiary/aromatic N) is 1. The lowest BCUT2D eigenvalue weighted by atomic mass is 10.2. The number of ether oxygens (including phenoxy) is 1. The van der Waals surface area contributed by atoms with Gasteiger partial charge in [-0.25, -0.2) is 21.1 Å². The number of halogens is 2. The van der Waals surface area contributed by atoms with E-state index in [2.05, 4.69) is 4.72 Å². The van der Waals surface area contributed by atoms with Crippen molar-refractivity contribution >= 4 is 66.0 Å². The van der Waals surface area contributed by atoms with Gasteiger partial charge in [-0.2, -0.15) is 0 Å². The van der Waals surface area contributed by atoms with E-state index in [9.17, 15) is 16.8 Å². The Balaban J connectivity index is 2.62. The van der Waals surface area contributed by atoms with E-state index in [-0.39, 0.29) is 50.6 Å². The molecule has 0 unspecified atom stereocenters. The second kappa shape index (κ2) is 9.84. The topological polar surface area (TPSA) is 92.8 Å². The molecule has 0 spiro atoms. The number of rotatable bonds is 10. The lowest BCUT2D eigenvalue weighted by Crippen LogP contribution is -2.34. The standard InChI is InChI=1S/C17H22Cl2N2O5S3/c1-4-26-11-21(29(24,25)17-6-5-7-27-17)16-9-14(19)13(18)8-15(16)20-28(22,23)10-12(2)3/h5-9,12,20H,4,10-11H2,1-3H3. The molecule has 0 saturated heterocycles. The number of hydrogen-bond donors (Lipinski definition) is 1. The molecule has 29 heavy (non-hydrogen) atoms. The van der Waals surface area contributed by atoms with Crippen molar-refractivity contribution in [2.75, 3.05) is 28.1 Å². The number of anilines is 2. The van der Waals surface area contributed by atoms with E-state index in [1.54, 1.807) is 32.2 Å². The first-order valence-electron chi connectivity index (χ1n) is 8.61. The van der Waals surface area contributed by atoms with Gasteiger partial charge < -0.3 is 4.74 Å². The van der Waals surface area contributed by atoms with Gasteiger partial charge in [-0.05, 0) is 36.4 Å². The highest BCUT2D eigenvalue weighted by Crippen LogP contribution is 2.38. The lowest BCUT2D eigenvalue weighted by molar-refractivity contribution is 0.157. The Hall–Kier alpha value is -1.04. The Morgan fingerprint density at radius 3 is 2.38 bits per heavy atom. The third kappa shape index (κ3) is 6.22. The molecule has 7 nitrogen and oxygen atoms in total. The van der Waals surface area contributed by atoms with E-state index >= 15 is 0 Å². The first kappa shape index (κ1) is 24.2. The van der Waals surface area contributed by atoms with Gasteiger partial charge in [0.05, 0.1) is 27.2 Å². The van der Waals surface area contributed by atoms with Crippen LogP contribution in [0.4, 0.5) is 11.4 Å². The zero-order chi connectivity index (χ0) is 21.8. The van der Waals surface area contributed by atoms with Crippen molar-refractivity contribution in [1.82, 2.24) is 0 Å². The molecule has 0 saturated carbocycles. The highest BCUT2D eigenvalue weighted by atomic mass is 35.5. The molecule has 0 fully saturated rings. The third-order valence-electron chi connectivity index (χ3n) is 3.58. The highest BCUT2D eigenvalue weighted by Gasteiger charge is 2.30. The van der Waals surface area contributed by atoms with Crippen LogP contribution in [-0.4, -0.2) is 35.9 Å². The van der Waals surface area contributed by atoms with Crippen LogP contribution < -0.4 is 9.03 Å². The molecule has 0 bridgehead atoms. The van der Waals surface area contributed by atoms with E-state index in [0.717, 1.165) is 15.6 Å². The van der Waals surface area contributed by atoms with Crippen LogP contribution >= 0.6 is 34.5 Å². The van der Waals surface area contributed by atoms with E-state index < -0.39 is 20.0 Å². The highest BCUT2D eigenvalue weighted by molar-refractivity contribution is 7.94. The van der Waals surface area contributed by atoms with Crippen LogP contribution in [0.25, 0.3) is 0 Å². The van der Waals surface area contributed by atoms with Crippen molar-refractivity contribution in [2.45, 2.75) is 25.0 Å². The Morgan fingerprint density at radius 2 is 1.83 bits per heavy atom. The normalized spacial score (nSPS) is 12.3. The number of benzene rings is 1. The molecular weight excluding hydrogens is 479 g/mol. The van der Waals surface area contributed by atoms with Crippen LogP contribution in [0, 0.1) is 5.92 Å². The molecule has 0 amide bonds. The summed E-state index contributed by atoms with van der Waals surface area (Å²) in [4.78, 5) is 0. The van der Waals surface area contributed by atoms with Crippen LogP contribution in [0.15, 0.2) is 33.9 Å². The molecule has 0 aliphatic heterocycles. The number of hydrogen-bond acceptors (Lipinski definition) is 6. The van der Waals surface area contributed by atoms with Gasteiger partial charge >= 0.3 is 0 Å². The molecule has 1 N–H and O–H groups in total. The third-order valence-corrected chi connectivity index (χ3v) is 9.05. The van der Waals surface area contributed by atoms with Crippen molar-refractivity contribution in [2.24, 2.45) is 5.92 Å². The summed E-state index contributed by atoms with van der Waals surface area (Å²) in [6.45, 7) is 5.17. The number of nitrogens with one attached hydrogen (secondary N) is 1. The fourth-order valence-corrected chi connectivity index (χ4v) is 6.68. The Kier molecular flexibility index (Phi) is 8.23. The minimum absolute atomic E-state index is 0.000107. The molecule has 162 valence electrons. The van der Waals surface area contributed by atoms with Crippen LogP contribution in [-0.2, 0) is 24.8 Å². The molecule has 2 rings (SSSR count). The number of sulfonamides is 2. The van der Waals surface area contributed by atoms with Gasteiger partial charge in [0.15, 0.2) is 0 Å². The molecule has 12 heteroatoms. The largest absolute Gasteiger partial charge is 0.360 e. The van der Waals surface area contributed by atoms with E-state index in [4.69, 9.17) is 27.9 Å². The van der Waals surface area contributed by atoms with Gasteiger partial charge in [0.1, 0.15) is 10.9 Å². The maximum Gasteiger partial charge on any atom is 0.275 e. The zero-order valence-electron chi connectivity index (χ0n) is 16.1. The second-order valence-electron chi connectivity index (χ2n) is 6.47. The predicted octanol–water partition coefficient (Wildman–Crippen LogP) is 4.64. The van der Waals surface area contributed by atoms with Crippen molar-refractivity contribution < 1.29 is 21.6 Å². The van der Waals surface area contributed by atoms with E-state index in [0.29, 0.717) is 0 Å². The van der Waals surface area contributed by atoms with Gasteiger partial charge in [-0.3, -0.25) is 4.72 Å². The summed E-state index contributed by atoms with van der Waals surface area (Å²) >= 11 is 13.2. The van der Waals surface area contributed by atoms with Gasteiger partial charge in [0.25, 0.3) is 10.0 Å². The Bertz CT molecular complexity index is 1040. The Morgan fingerprint density at radius 1 is 1.17 bits per heavy atom. The Labute approximate surface area is 185 Å². The summed E-state index contributed by atoms with van der Waals surface area (Å²) in [5.41, 5.74) is 0.0217. The maximum atomic E-state index is 13.2. The molecule has 0 radical (unpaired) electrons. The predicted molar refractivity (Wildman–Crippen MR) is 119 cm³/mol. The molecule has 1 aromatic heterocycles. The SMILES string of the molecule is CCOCN(c1cc(Cl)c(Cl)cc1NS(=O)(=O)CC(C)C)S(=O)(=O)c1cccs1. The lowest BCUT2D eigenvalue weighted by Gasteiger charge is -2.26. The second-order valence-corrected chi connectivity index (χ2v) is 12.1. The average molecular weight is 501 g/mol. The minimum atomic E-state index is -4.02. The van der Waals surface area contributed by atoms with Crippen molar-refractivity contribution in [1.29, 1.82) is 0 Å². The monoisotopic (exact) mass is 500 g/mol. The van der Waals surface area contributed by atoms with Crippen LogP contribution in [0.5, 0.6) is 0 Å². The summed E-state index contributed by atoms with van der Waals surface area (Å²) in [6, 6.07) is 5.66. The summed E-state index contributed by atoms with van der Waals surface area (Å²) < 4.78 is 60.2. The zero-order valence-corrected chi connectivity index (χ0v) is 20.0. The van der Waals surface area contributed by atoms with Gasteiger partial charge in [0, 0.05) is 6.61 Å². The van der Waals surface area contributed by atoms with E-state index in [1.807, 2.05) is 0 Å². The van der Waals surface area contributed by atoms with Crippen molar-refractivity contribution in [3.63, 3.8) is 0 Å². The van der Waals surface area contributed by atoms with Gasteiger partial charge in [-0.15, -0.1) is 11.3 Å². The molecule has 0 aliphatic carbocycles. The number of thiophene rings is 1. The molecule has 1 aromatic carbocycles. The van der Waals surface area contributed by atoms with Gasteiger partial charge in [-0.1, -0.05) is 43.1 Å². The quantitative estimate of drug-likeness (QED) is 0.479. The molecular formula is C17H22Cl2N2O5S3. The van der Waals surface area contributed by atoms with E-state index in [1.165, 1.54) is 18.2 Å². The first-order chi connectivity index (χ1) is 13.5.